The van der Waals surface area contributed by atoms with Crippen molar-refractivity contribution < 1.29 is 14.3 Å². The molecule has 0 bridgehead atoms. The standard InChI is InChI=1S/C12H20O3/c1-5-8(2)15-11-9(13)6-12(3,4)7-10(11)14/h8,11H,5-7H2,1-4H3. The van der Waals surface area contributed by atoms with Gasteiger partial charge in [-0.1, -0.05) is 20.8 Å². The monoisotopic (exact) mass is 212 g/mol. The van der Waals surface area contributed by atoms with Crippen LogP contribution in [0.1, 0.15) is 47.0 Å². The van der Waals surface area contributed by atoms with Gasteiger partial charge in [0.05, 0.1) is 6.10 Å². The summed E-state index contributed by atoms with van der Waals surface area (Å²) in [6, 6.07) is 0. The Morgan fingerprint density at radius 3 is 2.20 bits per heavy atom. The van der Waals surface area contributed by atoms with Crippen molar-refractivity contribution in [2.24, 2.45) is 5.41 Å². The largest absolute Gasteiger partial charge is 0.360 e. The first kappa shape index (κ1) is 12.4. The predicted octanol–water partition coefficient (Wildman–Crippen LogP) is 2.13. The first-order valence-corrected chi connectivity index (χ1v) is 5.56. The molecule has 1 unspecified atom stereocenters. The van der Waals surface area contributed by atoms with Gasteiger partial charge >= 0.3 is 0 Å². The van der Waals surface area contributed by atoms with E-state index >= 15 is 0 Å². The summed E-state index contributed by atoms with van der Waals surface area (Å²) in [6.07, 6.45) is 0.886. The van der Waals surface area contributed by atoms with Crippen LogP contribution >= 0.6 is 0 Å². The Morgan fingerprint density at radius 2 is 1.80 bits per heavy atom. The molecule has 0 spiro atoms. The van der Waals surface area contributed by atoms with Gasteiger partial charge in [-0.15, -0.1) is 0 Å². The van der Waals surface area contributed by atoms with Gasteiger partial charge in [0.2, 0.25) is 0 Å². The molecule has 3 nitrogen and oxygen atoms in total. The number of Topliss-reactive ketones (excluding diaryl/α,β-unsaturated/α-hetero) is 2. The van der Waals surface area contributed by atoms with E-state index in [2.05, 4.69) is 0 Å². The molecule has 15 heavy (non-hydrogen) atoms. The third kappa shape index (κ3) is 3.13. The molecule has 0 aromatic carbocycles. The summed E-state index contributed by atoms with van der Waals surface area (Å²) in [5.74, 6) is -0.117. The van der Waals surface area contributed by atoms with E-state index in [4.69, 9.17) is 4.74 Å². The fraction of sp³-hybridized carbons (Fsp3) is 0.833. The average Bonchev–Trinajstić information content (AvgIpc) is 2.09. The van der Waals surface area contributed by atoms with Gasteiger partial charge < -0.3 is 4.74 Å². The van der Waals surface area contributed by atoms with Crippen LogP contribution in [0.3, 0.4) is 0 Å². The normalized spacial score (nSPS) is 24.3. The first-order chi connectivity index (χ1) is 6.85. The summed E-state index contributed by atoms with van der Waals surface area (Å²) in [6.45, 7) is 7.76. The fourth-order valence-electron chi connectivity index (χ4n) is 1.85. The maximum absolute atomic E-state index is 11.7. The maximum Gasteiger partial charge on any atom is 0.174 e. The van der Waals surface area contributed by atoms with E-state index in [0.717, 1.165) is 6.42 Å². The van der Waals surface area contributed by atoms with Crippen molar-refractivity contribution in [2.75, 3.05) is 0 Å². The lowest BCUT2D eigenvalue weighted by molar-refractivity contribution is -0.153. The molecule has 1 aliphatic carbocycles. The summed E-state index contributed by atoms with van der Waals surface area (Å²) in [4.78, 5) is 23.5. The van der Waals surface area contributed by atoms with Crippen LogP contribution in [0, 0.1) is 5.41 Å². The van der Waals surface area contributed by atoms with Crippen LogP contribution in [0.25, 0.3) is 0 Å². The number of hydrogen-bond donors (Lipinski definition) is 0. The molecular weight excluding hydrogens is 192 g/mol. The number of rotatable bonds is 3. The van der Waals surface area contributed by atoms with Crippen molar-refractivity contribution in [3.8, 4) is 0 Å². The maximum atomic E-state index is 11.7. The fourth-order valence-corrected chi connectivity index (χ4v) is 1.85. The van der Waals surface area contributed by atoms with Gasteiger partial charge in [-0.05, 0) is 18.8 Å². The SMILES string of the molecule is CCC(C)OC1C(=O)CC(C)(C)CC1=O. The molecule has 0 N–H and O–H groups in total. The van der Waals surface area contributed by atoms with Crippen molar-refractivity contribution in [3.63, 3.8) is 0 Å². The Kier molecular flexibility index (Phi) is 3.66. The summed E-state index contributed by atoms with van der Waals surface area (Å²) in [5.41, 5.74) is -0.191. The number of ether oxygens (including phenoxy) is 1. The van der Waals surface area contributed by atoms with Crippen molar-refractivity contribution in [1.29, 1.82) is 0 Å². The van der Waals surface area contributed by atoms with Gasteiger partial charge in [0.15, 0.2) is 17.7 Å². The molecule has 1 fully saturated rings. The Hall–Kier alpha value is -0.700. The highest BCUT2D eigenvalue weighted by molar-refractivity contribution is 6.08. The van der Waals surface area contributed by atoms with Crippen LogP contribution in [0.4, 0.5) is 0 Å². The minimum atomic E-state index is -0.798. The van der Waals surface area contributed by atoms with Gasteiger partial charge in [-0.3, -0.25) is 9.59 Å². The van der Waals surface area contributed by atoms with Gasteiger partial charge in [-0.25, -0.2) is 0 Å². The molecule has 0 radical (unpaired) electrons. The highest BCUT2D eigenvalue weighted by Crippen LogP contribution is 2.32. The Morgan fingerprint density at radius 1 is 1.33 bits per heavy atom. The van der Waals surface area contributed by atoms with Crippen LogP contribution in [0.15, 0.2) is 0 Å². The number of carbonyl (C=O) groups excluding carboxylic acids is 2. The summed E-state index contributed by atoms with van der Waals surface area (Å²) < 4.78 is 5.46. The number of ketones is 2. The smallest absolute Gasteiger partial charge is 0.174 e. The number of hydrogen-bond acceptors (Lipinski definition) is 3. The van der Waals surface area contributed by atoms with Crippen molar-refractivity contribution in [1.82, 2.24) is 0 Å². The molecule has 1 saturated carbocycles. The highest BCUT2D eigenvalue weighted by Gasteiger charge is 2.40. The van der Waals surface area contributed by atoms with E-state index in [1.807, 2.05) is 27.7 Å². The van der Waals surface area contributed by atoms with Crippen molar-refractivity contribution in [3.05, 3.63) is 0 Å². The molecule has 1 atom stereocenters. The molecular formula is C12H20O3. The van der Waals surface area contributed by atoms with Crippen LogP contribution in [0.2, 0.25) is 0 Å². The van der Waals surface area contributed by atoms with Crippen LogP contribution in [0.5, 0.6) is 0 Å². The lowest BCUT2D eigenvalue weighted by atomic mass is 9.75. The highest BCUT2D eigenvalue weighted by atomic mass is 16.5. The second-order valence-corrected chi connectivity index (χ2v) is 5.19. The molecule has 0 saturated heterocycles. The molecule has 0 amide bonds. The summed E-state index contributed by atoms with van der Waals surface area (Å²) in [7, 11) is 0. The van der Waals surface area contributed by atoms with Crippen molar-refractivity contribution in [2.45, 2.75) is 59.2 Å². The summed E-state index contributed by atoms with van der Waals surface area (Å²) in [5, 5.41) is 0. The van der Waals surface area contributed by atoms with E-state index < -0.39 is 6.10 Å². The van der Waals surface area contributed by atoms with Crippen molar-refractivity contribution >= 4 is 11.6 Å². The van der Waals surface area contributed by atoms with Crippen LogP contribution < -0.4 is 0 Å². The molecule has 3 heteroatoms. The molecule has 0 aliphatic heterocycles. The molecule has 0 aromatic rings. The van der Waals surface area contributed by atoms with Gasteiger partial charge in [-0.2, -0.15) is 0 Å². The third-order valence-corrected chi connectivity index (χ3v) is 2.83. The molecule has 0 aromatic heterocycles. The van der Waals surface area contributed by atoms with E-state index in [1.54, 1.807) is 0 Å². The molecule has 86 valence electrons. The number of carbonyl (C=O) groups is 2. The van der Waals surface area contributed by atoms with E-state index in [0.29, 0.717) is 12.8 Å². The van der Waals surface area contributed by atoms with Gasteiger partial charge in [0.25, 0.3) is 0 Å². The second-order valence-electron chi connectivity index (χ2n) is 5.19. The third-order valence-electron chi connectivity index (χ3n) is 2.83. The lowest BCUT2D eigenvalue weighted by Crippen LogP contribution is -2.44. The Balaban J connectivity index is 2.67. The van der Waals surface area contributed by atoms with Gasteiger partial charge in [0.1, 0.15) is 0 Å². The van der Waals surface area contributed by atoms with E-state index in [9.17, 15) is 9.59 Å². The summed E-state index contributed by atoms with van der Waals surface area (Å²) >= 11 is 0. The van der Waals surface area contributed by atoms with Gasteiger partial charge in [0, 0.05) is 12.8 Å². The zero-order valence-corrected chi connectivity index (χ0v) is 10.0. The minimum Gasteiger partial charge on any atom is -0.360 e. The Labute approximate surface area is 91.2 Å². The van der Waals surface area contributed by atoms with Crippen LogP contribution in [-0.2, 0) is 14.3 Å². The zero-order chi connectivity index (χ0) is 11.6. The molecule has 1 rings (SSSR count). The molecule has 0 heterocycles. The van der Waals surface area contributed by atoms with E-state index in [1.165, 1.54) is 0 Å². The molecule has 1 aliphatic rings. The Bertz CT molecular complexity index is 248. The lowest BCUT2D eigenvalue weighted by Gasteiger charge is -2.32. The zero-order valence-electron chi connectivity index (χ0n) is 10.0. The van der Waals surface area contributed by atoms with Crippen LogP contribution in [-0.4, -0.2) is 23.8 Å². The predicted molar refractivity (Wildman–Crippen MR) is 57.7 cm³/mol. The second kappa shape index (κ2) is 4.44. The quantitative estimate of drug-likeness (QED) is 0.673. The average molecular weight is 212 g/mol. The topological polar surface area (TPSA) is 43.4 Å². The minimum absolute atomic E-state index is 0.0240. The first-order valence-electron chi connectivity index (χ1n) is 5.56. The van der Waals surface area contributed by atoms with E-state index in [-0.39, 0.29) is 23.1 Å².